The molecule has 0 bridgehead atoms. The number of hydrogen-bond donors (Lipinski definition) is 3. The quantitative estimate of drug-likeness (QED) is 0.475. The van der Waals surface area contributed by atoms with Gasteiger partial charge in [0, 0.05) is 22.0 Å². The maximum Gasteiger partial charge on any atom is 0.157 e. The largest absolute Gasteiger partial charge is 0.390 e. The van der Waals surface area contributed by atoms with Crippen LogP contribution in [0, 0.1) is 5.92 Å². The van der Waals surface area contributed by atoms with Crippen molar-refractivity contribution in [2.24, 2.45) is 5.92 Å². The molecule has 28 heavy (non-hydrogen) atoms. The summed E-state index contributed by atoms with van der Waals surface area (Å²) >= 11 is 7.74. The number of fused-ring (bicyclic) bond motifs is 2. The molecule has 0 saturated heterocycles. The molecule has 0 spiro atoms. The molecule has 1 aliphatic carbocycles. The van der Waals surface area contributed by atoms with Crippen molar-refractivity contribution in [1.82, 2.24) is 14.6 Å². The number of rotatable bonds is 3. The second-order valence-electron chi connectivity index (χ2n) is 7.37. The Morgan fingerprint density at radius 1 is 1.18 bits per heavy atom. The first-order valence-electron chi connectivity index (χ1n) is 9.16. The van der Waals surface area contributed by atoms with Crippen molar-refractivity contribution >= 4 is 44.5 Å². The lowest BCUT2D eigenvalue weighted by Gasteiger charge is -2.19. The van der Waals surface area contributed by atoms with Crippen LogP contribution in [0.3, 0.4) is 0 Å². The van der Waals surface area contributed by atoms with Crippen LogP contribution in [0.25, 0.3) is 26.3 Å². The number of aliphatic hydroxyl groups excluding tert-OH is 2. The minimum absolute atomic E-state index is 0.0448. The molecule has 5 rings (SSSR count). The van der Waals surface area contributed by atoms with Crippen LogP contribution in [0.4, 0.5) is 5.82 Å². The van der Waals surface area contributed by atoms with E-state index in [0.29, 0.717) is 6.42 Å². The van der Waals surface area contributed by atoms with E-state index in [1.165, 1.54) is 0 Å². The van der Waals surface area contributed by atoms with Gasteiger partial charge in [0.15, 0.2) is 5.65 Å². The lowest BCUT2D eigenvalue weighted by atomic mass is 10.1. The summed E-state index contributed by atoms with van der Waals surface area (Å²) in [7, 11) is 0. The second kappa shape index (κ2) is 6.70. The van der Waals surface area contributed by atoms with E-state index in [9.17, 15) is 10.2 Å². The minimum Gasteiger partial charge on any atom is -0.390 e. The molecule has 0 amide bonds. The van der Waals surface area contributed by atoms with Crippen LogP contribution < -0.4 is 5.32 Å². The highest BCUT2D eigenvalue weighted by Crippen LogP contribution is 2.35. The molecule has 8 heteroatoms. The summed E-state index contributed by atoms with van der Waals surface area (Å²) in [6.07, 6.45) is 0.890. The van der Waals surface area contributed by atoms with Crippen LogP contribution in [0.2, 0.25) is 5.02 Å². The van der Waals surface area contributed by atoms with Crippen molar-refractivity contribution in [3.63, 3.8) is 0 Å². The van der Waals surface area contributed by atoms with Gasteiger partial charge in [-0.3, -0.25) is 0 Å². The molecule has 0 aliphatic heterocycles. The fraction of sp³-hybridized carbons (Fsp3) is 0.300. The Morgan fingerprint density at radius 3 is 2.82 bits per heavy atom. The van der Waals surface area contributed by atoms with Crippen LogP contribution >= 0.6 is 22.9 Å². The number of benzene rings is 1. The third-order valence-corrected chi connectivity index (χ3v) is 6.75. The number of nitrogens with one attached hydrogen (secondary N) is 1. The summed E-state index contributed by atoms with van der Waals surface area (Å²) in [6.45, 7) is 1.94. The Morgan fingerprint density at radius 2 is 2.04 bits per heavy atom. The fourth-order valence-corrected chi connectivity index (χ4v) is 5.14. The molecular weight excluding hydrogens is 396 g/mol. The van der Waals surface area contributed by atoms with E-state index in [2.05, 4.69) is 16.4 Å². The minimum atomic E-state index is -0.805. The lowest BCUT2D eigenvalue weighted by Crippen LogP contribution is -2.35. The van der Waals surface area contributed by atoms with Crippen LogP contribution in [-0.2, 0) is 0 Å². The zero-order valence-electron chi connectivity index (χ0n) is 15.1. The second-order valence-corrected chi connectivity index (χ2v) is 8.89. The Hall–Kier alpha value is -2.19. The van der Waals surface area contributed by atoms with Crippen LogP contribution in [-0.4, -0.2) is 43.1 Å². The van der Waals surface area contributed by atoms with Gasteiger partial charge in [-0.05, 0) is 42.0 Å². The lowest BCUT2D eigenvalue weighted by molar-refractivity contribution is 0.0210. The smallest absolute Gasteiger partial charge is 0.157 e. The van der Waals surface area contributed by atoms with Gasteiger partial charge in [0.2, 0.25) is 0 Å². The summed E-state index contributed by atoms with van der Waals surface area (Å²) in [5.41, 5.74) is 1.55. The highest BCUT2D eigenvalue weighted by molar-refractivity contribution is 7.22. The molecule has 3 aromatic heterocycles. The van der Waals surface area contributed by atoms with Gasteiger partial charge in [0.1, 0.15) is 17.6 Å². The Labute approximate surface area is 170 Å². The topological polar surface area (TPSA) is 82.7 Å². The van der Waals surface area contributed by atoms with Crippen LogP contribution in [0.5, 0.6) is 0 Å². The Balaban J connectivity index is 1.52. The van der Waals surface area contributed by atoms with Crippen molar-refractivity contribution in [1.29, 1.82) is 0 Å². The SMILES string of the molecule is C[C@@H]1C[C@@H](Nc2ccnc3cc(-c4cc5ccc(Cl)cc5s4)nn23)[C@H](O)[C@@H]1O. The van der Waals surface area contributed by atoms with E-state index >= 15 is 0 Å². The molecule has 0 radical (unpaired) electrons. The first kappa shape index (κ1) is 17.9. The third kappa shape index (κ3) is 2.95. The molecule has 4 atom stereocenters. The van der Waals surface area contributed by atoms with Gasteiger partial charge in [-0.25, -0.2) is 4.98 Å². The van der Waals surface area contributed by atoms with Gasteiger partial charge < -0.3 is 15.5 Å². The molecule has 3 heterocycles. The van der Waals surface area contributed by atoms with E-state index in [0.717, 1.165) is 37.1 Å². The standard InChI is InChI=1S/C20H19ClN4O2S/c1-10-6-14(20(27)19(10)26)23-17-4-5-22-18-9-13(24-25(17)18)16-7-11-2-3-12(21)8-15(11)28-16/h2-5,7-10,14,19-20,23,26-27H,6H2,1H3/t10-,14-,19-,20+/m1/s1. The zero-order chi connectivity index (χ0) is 19.4. The molecule has 0 unspecified atom stereocenters. The third-order valence-electron chi connectivity index (χ3n) is 5.40. The number of anilines is 1. The number of halogens is 1. The monoisotopic (exact) mass is 414 g/mol. The maximum atomic E-state index is 10.3. The number of thiophene rings is 1. The summed E-state index contributed by atoms with van der Waals surface area (Å²) in [4.78, 5) is 5.45. The normalized spacial score (nSPS) is 25.0. The Bertz CT molecular complexity index is 1170. The van der Waals surface area contributed by atoms with Gasteiger partial charge in [0.25, 0.3) is 0 Å². The number of aliphatic hydroxyl groups is 2. The van der Waals surface area contributed by atoms with E-state index in [4.69, 9.17) is 16.7 Å². The van der Waals surface area contributed by atoms with E-state index < -0.39 is 12.2 Å². The van der Waals surface area contributed by atoms with Crippen molar-refractivity contribution < 1.29 is 10.2 Å². The van der Waals surface area contributed by atoms with Crippen molar-refractivity contribution in [3.8, 4) is 10.6 Å². The highest BCUT2D eigenvalue weighted by Gasteiger charge is 2.39. The van der Waals surface area contributed by atoms with E-state index in [1.54, 1.807) is 22.0 Å². The number of hydrogen-bond acceptors (Lipinski definition) is 6. The number of aromatic nitrogens is 3. The van der Waals surface area contributed by atoms with E-state index in [1.807, 2.05) is 37.3 Å². The van der Waals surface area contributed by atoms with Crippen LogP contribution in [0.1, 0.15) is 13.3 Å². The molecule has 1 saturated carbocycles. The molecule has 6 nitrogen and oxygen atoms in total. The highest BCUT2D eigenvalue weighted by atomic mass is 35.5. The van der Waals surface area contributed by atoms with Crippen molar-refractivity contribution in [2.45, 2.75) is 31.6 Å². The maximum absolute atomic E-state index is 10.3. The first-order valence-corrected chi connectivity index (χ1v) is 10.4. The van der Waals surface area contributed by atoms with Gasteiger partial charge in [-0.2, -0.15) is 9.61 Å². The first-order chi connectivity index (χ1) is 13.5. The Kier molecular flexibility index (Phi) is 4.28. The molecular formula is C20H19ClN4O2S. The molecule has 3 N–H and O–H groups in total. The number of nitrogens with zero attached hydrogens (tertiary/aromatic N) is 3. The van der Waals surface area contributed by atoms with Crippen molar-refractivity contribution in [2.75, 3.05) is 5.32 Å². The summed E-state index contributed by atoms with van der Waals surface area (Å²) in [6, 6.07) is 11.5. The molecule has 144 valence electrons. The zero-order valence-corrected chi connectivity index (χ0v) is 16.7. The molecule has 4 aromatic rings. The fourth-order valence-electron chi connectivity index (χ4n) is 3.84. The summed E-state index contributed by atoms with van der Waals surface area (Å²) in [5.74, 6) is 0.786. The predicted molar refractivity (Wildman–Crippen MR) is 112 cm³/mol. The molecule has 1 aromatic carbocycles. The van der Waals surface area contributed by atoms with Crippen LogP contribution in [0.15, 0.2) is 42.6 Å². The van der Waals surface area contributed by atoms with Gasteiger partial charge >= 0.3 is 0 Å². The summed E-state index contributed by atoms with van der Waals surface area (Å²) < 4.78 is 2.86. The average molecular weight is 415 g/mol. The predicted octanol–water partition coefficient (Wildman–Crippen LogP) is 3.81. The van der Waals surface area contributed by atoms with Crippen molar-refractivity contribution in [3.05, 3.63) is 47.6 Å². The van der Waals surface area contributed by atoms with E-state index in [-0.39, 0.29) is 12.0 Å². The molecule has 1 fully saturated rings. The van der Waals surface area contributed by atoms with Gasteiger partial charge in [0.05, 0.1) is 17.0 Å². The van der Waals surface area contributed by atoms with Gasteiger partial charge in [-0.15, -0.1) is 11.3 Å². The summed E-state index contributed by atoms with van der Waals surface area (Å²) in [5, 5.41) is 30.2. The average Bonchev–Trinajstić information content (AvgIpc) is 3.35. The van der Waals surface area contributed by atoms with Gasteiger partial charge in [-0.1, -0.05) is 24.6 Å². The molecule has 1 aliphatic rings.